The average Bonchev–Trinajstić information content (AvgIpc) is 3.16. The van der Waals surface area contributed by atoms with E-state index in [-0.39, 0.29) is 0 Å². The molecule has 0 amide bonds. The third kappa shape index (κ3) is 2.00. The minimum absolute atomic E-state index is 1.28. The fourth-order valence-corrected chi connectivity index (χ4v) is 5.31. The smallest absolute Gasteiger partial charge is 0.000786 e. The normalized spacial score (nSPS) is 12.0. The van der Waals surface area contributed by atoms with Crippen molar-refractivity contribution in [2.45, 2.75) is 0 Å². The molecule has 0 fully saturated rings. The van der Waals surface area contributed by atoms with Crippen LogP contribution in [0, 0.1) is 0 Å². The number of hydrogen-bond acceptors (Lipinski definition) is 0. The van der Waals surface area contributed by atoms with Crippen LogP contribution in [0.3, 0.4) is 0 Å². The highest BCUT2D eigenvalue weighted by Gasteiger charge is 2.26. The molecule has 0 unspecified atom stereocenters. The quantitative estimate of drug-likeness (QED) is 0.269. The molecule has 0 N–H and O–H groups in total. The molecular formula is C30H18. The summed E-state index contributed by atoms with van der Waals surface area (Å²) in [4.78, 5) is 0. The second-order valence-electron chi connectivity index (χ2n) is 8.13. The number of fused-ring (bicyclic) bond motifs is 6. The summed E-state index contributed by atoms with van der Waals surface area (Å²) in [6, 6.07) is 40.0. The first-order valence-corrected chi connectivity index (χ1v) is 10.5. The molecule has 30 heavy (non-hydrogen) atoms. The molecule has 138 valence electrons. The molecule has 1 aliphatic carbocycles. The highest BCUT2D eigenvalue weighted by atomic mass is 14.3. The van der Waals surface area contributed by atoms with Gasteiger partial charge in [-0.1, -0.05) is 109 Å². The lowest BCUT2D eigenvalue weighted by atomic mass is 9.88. The molecule has 0 saturated heterocycles. The third-order valence-electron chi connectivity index (χ3n) is 6.59. The highest BCUT2D eigenvalue weighted by Crippen LogP contribution is 2.53. The lowest BCUT2D eigenvalue weighted by Gasteiger charge is -2.14. The molecule has 0 bridgehead atoms. The van der Waals surface area contributed by atoms with Crippen LogP contribution in [-0.2, 0) is 0 Å². The fourth-order valence-electron chi connectivity index (χ4n) is 5.31. The van der Waals surface area contributed by atoms with E-state index >= 15 is 0 Å². The Labute approximate surface area is 175 Å². The SMILES string of the molecule is c1ccc2c(-c3ccc4cccc5c4c3-c3c-5ccc4ccccc34)cccc2c1. The minimum atomic E-state index is 1.28. The van der Waals surface area contributed by atoms with E-state index in [1.807, 2.05) is 0 Å². The molecule has 0 nitrogen and oxygen atoms in total. The fraction of sp³-hybridized carbons (Fsp3) is 0. The van der Waals surface area contributed by atoms with E-state index in [0.29, 0.717) is 0 Å². The van der Waals surface area contributed by atoms with Gasteiger partial charge in [0.15, 0.2) is 0 Å². The molecule has 0 atom stereocenters. The lowest BCUT2D eigenvalue weighted by molar-refractivity contribution is 1.68. The topological polar surface area (TPSA) is 0 Å². The third-order valence-corrected chi connectivity index (χ3v) is 6.59. The van der Waals surface area contributed by atoms with E-state index in [1.54, 1.807) is 0 Å². The van der Waals surface area contributed by atoms with Crippen LogP contribution in [0.2, 0.25) is 0 Å². The van der Waals surface area contributed by atoms with Gasteiger partial charge in [0.1, 0.15) is 0 Å². The Kier molecular flexibility index (Phi) is 3.09. The van der Waals surface area contributed by atoms with Crippen molar-refractivity contribution in [3.8, 4) is 33.4 Å². The molecule has 0 radical (unpaired) electrons. The standard InChI is InChI=1S/C30H18/c1-3-11-22-19(7-1)9-5-13-24(22)26-18-16-21-10-6-14-25-27-17-15-20-8-2-4-12-23(20)29(27)30(26)28(21)25/h1-18H. The van der Waals surface area contributed by atoms with E-state index in [4.69, 9.17) is 0 Å². The molecule has 7 rings (SSSR count). The second kappa shape index (κ2) is 5.81. The van der Waals surface area contributed by atoms with Crippen LogP contribution < -0.4 is 0 Å². The molecule has 0 heteroatoms. The summed E-state index contributed by atoms with van der Waals surface area (Å²) in [6.07, 6.45) is 0. The van der Waals surface area contributed by atoms with Crippen LogP contribution in [0.5, 0.6) is 0 Å². The van der Waals surface area contributed by atoms with Gasteiger partial charge in [-0.05, 0) is 65.7 Å². The Morgan fingerprint density at radius 2 is 0.867 bits per heavy atom. The number of hydrogen-bond donors (Lipinski definition) is 0. The predicted molar refractivity (Wildman–Crippen MR) is 129 cm³/mol. The maximum atomic E-state index is 2.32. The van der Waals surface area contributed by atoms with Crippen LogP contribution in [0.1, 0.15) is 0 Å². The summed E-state index contributed by atoms with van der Waals surface area (Å²) < 4.78 is 0. The van der Waals surface area contributed by atoms with Gasteiger partial charge in [0.25, 0.3) is 0 Å². The van der Waals surface area contributed by atoms with E-state index in [1.165, 1.54) is 65.7 Å². The summed E-state index contributed by atoms with van der Waals surface area (Å²) in [5.74, 6) is 0. The van der Waals surface area contributed by atoms with Crippen LogP contribution in [0.15, 0.2) is 109 Å². The maximum absolute atomic E-state index is 2.32. The largest absolute Gasteiger partial charge is 0.0616 e. The van der Waals surface area contributed by atoms with Gasteiger partial charge in [0.2, 0.25) is 0 Å². The monoisotopic (exact) mass is 378 g/mol. The van der Waals surface area contributed by atoms with Gasteiger partial charge >= 0.3 is 0 Å². The van der Waals surface area contributed by atoms with Crippen LogP contribution in [-0.4, -0.2) is 0 Å². The number of benzene rings is 6. The van der Waals surface area contributed by atoms with E-state index in [9.17, 15) is 0 Å². The van der Waals surface area contributed by atoms with Crippen molar-refractivity contribution < 1.29 is 0 Å². The molecule has 6 aromatic carbocycles. The van der Waals surface area contributed by atoms with Crippen molar-refractivity contribution in [1.29, 1.82) is 0 Å². The van der Waals surface area contributed by atoms with Crippen LogP contribution >= 0.6 is 0 Å². The van der Waals surface area contributed by atoms with Crippen molar-refractivity contribution in [3.05, 3.63) is 109 Å². The Balaban J connectivity index is 1.70. The van der Waals surface area contributed by atoms with Gasteiger partial charge in [0, 0.05) is 0 Å². The van der Waals surface area contributed by atoms with Gasteiger partial charge in [0.05, 0.1) is 0 Å². The summed E-state index contributed by atoms with van der Waals surface area (Å²) in [5, 5.41) is 7.92. The summed E-state index contributed by atoms with van der Waals surface area (Å²) in [6.45, 7) is 0. The van der Waals surface area contributed by atoms with Gasteiger partial charge < -0.3 is 0 Å². The summed E-state index contributed by atoms with van der Waals surface area (Å²) in [5.41, 5.74) is 8.09. The van der Waals surface area contributed by atoms with E-state index in [0.717, 1.165) is 0 Å². The van der Waals surface area contributed by atoms with Crippen LogP contribution in [0.25, 0.3) is 65.7 Å². The molecule has 0 heterocycles. The highest BCUT2D eigenvalue weighted by molar-refractivity contribution is 6.25. The molecule has 1 aliphatic rings. The Hall–Kier alpha value is -3.90. The Morgan fingerprint density at radius 1 is 0.300 bits per heavy atom. The zero-order chi connectivity index (χ0) is 19.7. The zero-order valence-corrected chi connectivity index (χ0v) is 16.4. The predicted octanol–water partition coefficient (Wildman–Crippen LogP) is 8.46. The van der Waals surface area contributed by atoms with Crippen molar-refractivity contribution in [2.75, 3.05) is 0 Å². The minimum Gasteiger partial charge on any atom is -0.0616 e. The van der Waals surface area contributed by atoms with Gasteiger partial charge in [-0.25, -0.2) is 0 Å². The summed E-state index contributed by atoms with van der Waals surface area (Å²) in [7, 11) is 0. The van der Waals surface area contributed by atoms with Crippen LogP contribution in [0.4, 0.5) is 0 Å². The van der Waals surface area contributed by atoms with E-state index < -0.39 is 0 Å². The van der Waals surface area contributed by atoms with Gasteiger partial charge in [-0.15, -0.1) is 0 Å². The Morgan fingerprint density at radius 3 is 1.70 bits per heavy atom. The first-order chi connectivity index (χ1) is 14.9. The van der Waals surface area contributed by atoms with Gasteiger partial charge in [-0.3, -0.25) is 0 Å². The molecule has 0 saturated carbocycles. The Bertz CT molecular complexity index is 1630. The molecule has 0 aromatic heterocycles. The zero-order valence-electron chi connectivity index (χ0n) is 16.4. The molecule has 0 aliphatic heterocycles. The van der Waals surface area contributed by atoms with Crippen molar-refractivity contribution >= 4 is 32.3 Å². The average molecular weight is 378 g/mol. The summed E-state index contributed by atoms with van der Waals surface area (Å²) >= 11 is 0. The molecule has 0 spiro atoms. The van der Waals surface area contributed by atoms with E-state index in [2.05, 4.69) is 109 Å². The first-order valence-electron chi connectivity index (χ1n) is 10.5. The van der Waals surface area contributed by atoms with Crippen molar-refractivity contribution in [1.82, 2.24) is 0 Å². The molecule has 6 aromatic rings. The second-order valence-corrected chi connectivity index (χ2v) is 8.13. The van der Waals surface area contributed by atoms with Gasteiger partial charge in [-0.2, -0.15) is 0 Å². The number of rotatable bonds is 1. The first kappa shape index (κ1) is 16.0. The van der Waals surface area contributed by atoms with Crippen molar-refractivity contribution in [3.63, 3.8) is 0 Å². The molecular weight excluding hydrogens is 360 g/mol. The lowest BCUT2D eigenvalue weighted by Crippen LogP contribution is -1.87. The van der Waals surface area contributed by atoms with Crippen molar-refractivity contribution in [2.24, 2.45) is 0 Å². The maximum Gasteiger partial charge on any atom is -0.000786 e.